The number of esters is 1. The zero-order valence-corrected chi connectivity index (χ0v) is 19.6. The standard InChI is InChI=1S/C26H30O7/c1-21(2)16(27)7-10-22(3)15-6-9-23(4)18(14-8-11-31-13-14)32-20(29)19-26(23,33-19)24(15,5)17(28)12-25(21,22)30/h7-8,10-11,13,15,18-19,30H,6,9,12H2,1-5H3. The number of furan rings is 1. The van der Waals surface area contributed by atoms with Gasteiger partial charge >= 0.3 is 5.97 Å². The lowest BCUT2D eigenvalue weighted by Crippen LogP contribution is -2.76. The number of hydrogen-bond acceptors (Lipinski definition) is 7. The lowest BCUT2D eigenvalue weighted by molar-refractivity contribution is -0.244. The highest BCUT2D eigenvalue weighted by molar-refractivity contribution is 6.00. The molecule has 3 heterocycles. The average molecular weight is 455 g/mol. The summed E-state index contributed by atoms with van der Waals surface area (Å²) in [5.41, 5.74) is -5.45. The number of Topliss-reactive ketones (excluding diaryl/α,β-unsaturated/α-hetero) is 1. The molecule has 0 bridgehead atoms. The van der Waals surface area contributed by atoms with Crippen LogP contribution >= 0.6 is 0 Å². The normalized spacial score (nSPS) is 51.7. The zero-order valence-electron chi connectivity index (χ0n) is 19.6. The summed E-state index contributed by atoms with van der Waals surface area (Å²) in [6.07, 6.45) is 6.16. The molecule has 8 atom stereocenters. The highest BCUT2D eigenvalue weighted by Gasteiger charge is 2.89. The van der Waals surface area contributed by atoms with Crippen LogP contribution in [0.4, 0.5) is 0 Å². The SMILES string of the molecule is CC1(C)C(=O)C=CC2(C)C3CCC4(C)C(c5ccoc5)OC(=O)C5OC54C3(C)C(=O)CC12O. The van der Waals surface area contributed by atoms with Crippen molar-refractivity contribution in [3.8, 4) is 0 Å². The molecule has 2 saturated carbocycles. The summed E-state index contributed by atoms with van der Waals surface area (Å²) >= 11 is 0. The summed E-state index contributed by atoms with van der Waals surface area (Å²) in [4.78, 5) is 39.9. The van der Waals surface area contributed by atoms with E-state index in [1.165, 1.54) is 0 Å². The van der Waals surface area contributed by atoms with Crippen LogP contribution < -0.4 is 0 Å². The van der Waals surface area contributed by atoms with Gasteiger partial charge in [0.15, 0.2) is 11.9 Å². The number of fused-ring (bicyclic) bond motifs is 3. The Kier molecular flexibility index (Phi) is 3.67. The monoisotopic (exact) mass is 454 g/mol. The van der Waals surface area contributed by atoms with Gasteiger partial charge in [0.25, 0.3) is 0 Å². The fourth-order valence-electron chi connectivity index (χ4n) is 8.46. The zero-order chi connectivity index (χ0) is 23.8. The number of ketones is 2. The van der Waals surface area contributed by atoms with E-state index in [4.69, 9.17) is 13.9 Å². The second-order valence-corrected chi connectivity index (χ2v) is 11.9. The van der Waals surface area contributed by atoms with Crippen molar-refractivity contribution in [2.45, 2.75) is 77.3 Å². The number of ether oxygens (including phenoxy) is 2. The highest BCUT2D eigenvalue weighted by atomic mass is 16.7. The molecular formula is C26H30O7. The highest BCUT2D eigenvalue weighted by Crippen LogP contribution is 2.79. The number of carbonyl (C=O) groups is 3. The molecule has 1 N–H and O–H groups in total. The van der Waals surface area contributed by atoms with Crippen LogP contribution in [-0.4, -0.2) is 39.9 Å². The molecular weight excluding hydrogens is 424 g/mol. The number of carbonyl (C=O) groups excluding carboxylic acids is 3. The maximum atomic E-state index is 14.1. The minimum absolute atomic E-state index is 0.155. The van der Waals surface area contributed by atoms with E-state index in [1.807, 2.05) is 20.8 Å². The van der Waals surface area contributed by atoms with Crippen molar-refractivity contribution in [2.75, 3.05) is 0 Å². The Morgan fingerprint density at radius 2 is 1.79 bits per heavy atom. The van der Waals surface area contributed by atoms with E-state index in [9.17, 15) is 19.5 Å². The molecule has 1 aromatic heterocycles. The van der Waals surface area contributed by atoms with Crippen molar-refractivity contribution in [3.63, 3.8) is 0 Å². The first-order chi connectivity index (χ1) is 15.3. The summed E-state index contributed by atoms with van der Waals surface area (Å²) in [7, 11) is 0. The van der Waals surface area contributed by atoms with Crippen molar-refractivity contribution in [2.24, 2.45) is 27.6 Å². The molecule has 0 aromatic carbocycles. The molecule has 2 aliphatic heterocycles. The molecule has 3 aliphatic carbocycles. The van der Waals surface area contributed by atoms with Crippen molar-refractivity contribution in [3.05, 3.63) is 36.3 Å². The molecule has 0 amide bonds. The number of cyclic esters (lactones) is 1. The summed E-state index contributed by atoms with van der Waals surface area (Å²) < 4.78 is 17.4. The third-order valence-electron chi connectivity index (χ3n) is 10.6. The van der Waals surface area contributed by atoms with Crippen LogP contribution in [0.3, 0.4) is 0 Å². The van der Waals surface area contributed by atoms with Crippen LogP contribution in [0.1, 0.15) is 65.5 Å². The largest absolute Gasteiger partial charge is 0.472 e. The van der Waals surface area contributed by atoms with Gasteiger partial charge in [-0.15, -0.1) is 0 Å². The molecule has 0 radical (unpaired) electrons. The van der Waals surface area contributed by atoms with Crippen molar-refractivity contribution >= 4 is 17.5 Å². The molecule has 33 heavy (non-hydrogen) atoms. The van der Waals surface area contributed by atoms with E-state index < -0.39 is 51.0 Å². The topological polar surface area (TPSA) is 106 Å². The molecule has 2 saturated heterocycles. The Labute approximate surface area is 192 Å². The Morgan fingerprint density at radius 1 is 1.06 bits per heavy atom. The number of aliphatic hydroxyl groups is 1. The van der Waals surface area contributed by atoms with Crippen molar-refractivity contribution in [1.29, 1.82) is 0 Å². The quantitative estimate of drug-likeness (QED) is 0.512. The van der Waals surface area contributed by atoms with E-state index in [2.05, 4.69) is 0 Å². The number of hydrogen-bond donors (Lipinski definition) is 1. The molecule has 176 valence electrons. The first kappa shape index (κ1) is 21.3. The third-order valence-corrected chi connectivity index (χ3v) is 10.6. The first-order valence-electron chi connectivity index (χ1n) is 11.7. The fourth-order valence-corrected chi connectivity index (χ4v) is 8.46. The van der Waals surface area contributed by atoms with Gasteiger partial charge in [-0.25, -0.2) is 4.79 Å². The Hall–Kier alpha value is -2.25. The number of rotatable bonds is 1. The van der Waals surface area contributed by atoms with Gasteiger partial charge in [-0.1, -0.05) is 19.9 Å². The van der Waals surface area contributed by atoms with Gasteiger partial charge in [-0.2, -0.15) is 0 Å². The Balaban J connectivity index is 1.55. The average Bonchev–Trinajstić information content (AvgIpc) is 3.32. The summed E-state index contributed by atoms with van der Waals surface area (Å²) in [6, 6.07) is 1.79. The second kappa shape index (κ2) is 5.69. The smallest absolute Gasteiger partial charge is 0.339 e. The van der Waals surface area contributed by atoms with Crippen LogP contribution in [0.25, 0.3) is 0 Å². The molecule has 7 heteroatoms. The van der Waals surface area contributed by atoms with Crippen LogP contribution in [0.2, 0.25) is 0 Å². The van der Waals surface area contributed by atoms with E-state index in [0.717, 1.165) is 5.56 Å². The number of allylic oxidation sites excluding steroid dienone is 1. The molecule has 5 aliphatic rings. The fraction of sp³-hybridized carbons (Fsp3) is 0.654. The molecule has 4 fully saturated rings. The van der Waals surface area contributed by atoms with Gasteiger partial charge < -0.3 is 19.0 Å². The maximum Gasteiger partial charge on any atom is 0.339 e. The third kappa shape index (κ3) is 1.94. The van der Waals surface area contributed by atoms with Gasteiger partial charge in [0.05, 0.1) is 29.0 Å². The maximum absolute atomic E-state index is 14.1. The molecule has 6 rings (SSSR count). The van der Waals surface area contributed by atoms with Gasteiger partial charge in [0, 0.05) is 22.8 Å². The minimum atomic E-state index is -1.53. The lowest BCUT2D eigenvalue weighted by atomic mass is 9.35. The summed E-state index contributed by atoms with van der Waals surface area (Å²) in [6.45, 7) is 9.35. The molecule has 1 aromatic rings. The van der Waals surface area contributed by atoms with Gasteiger partial charge in [-0.05, 0) is 51.7 Å². The van der Waals surface area contributed by atoms with E-state index in [1.54, 1.807) is 44.6 Å². The molecule has 1 spiro atoms. The first-order valence-corrected chi connectivity index (χ1v) is 11.7. The van der Waals surface area contributed by atoms with Crippen molar-refractivity contribution in [1.82, 2.24) is 0 Å². The van der Waals surface area contributed by atoms with Crippen molar-refractivity contribution < 1.29 is 33.4 Å². The van der Waals surface area contributed by atoms with E-state index in [0.29, 0.717) is 12.8 Å². The lowest BCUT2D eigenvalue weighted by Gasteiger charge is -2.68. The van der Waals surface area contributed by atoms with E-state index in [-0.39, 0.29) is 23.9 Å². The van der Waals surface area contributed by atoms with Crippen LogP contribution in [-0.2, 0) is 23.9 Å². The van der Waals surface area contributed by atoms with Gasteiger partial charge in [-0.3, -0.25) is 9.59 Å². The summed E-state index contributed by atoms with van der Waals surface area (Å²) in [5, 5.41) is 12.0. The van der Waals surface area contributed by atoms with Crippen LogP contribution in [0, 0.1) is 27.6 Å². The molecule has 8 unspecified atom stereocenters. The Morgan fingerprint density at radius 3 is 2.45 bits per heavy atom. The predicted molar refractivity (Wildman–Crippen MR) is 115 cm³/mol. The number of epoxide rings is 1. The predicted octanol–water partition coefficient (Wildman–Crippen LogP) is 3.31. The summed E-state index contributed by atoms with van der Waals surface area (Å²) in [5.74, 6) is -1.11. The molecule has 7 nitrogen and oxygen atoms in total. The van der Waals surface area contributed by atoms with Crippen LogP contribution in [0.15, 0.2) is 35.2 Å². The minimum Gasteiger partial charge on any atom is -0.472 e. The van der Waals surface area contributed by atoms with Gasteiger partial charge in [0.1, 0.15) is 17.5 Å². The van der Waals surface area contributed by atoms with Crippen LogP contribution in [0.5, 0.6) is 0 Å². The van der Waals surface area contributed by atoms with Gasteiger partial charge in [0.2, 0.25) is 0 Å². The Bertz CT molecular complexity index is 1130. The second-order valence-electron chi connectivity index (χ2n) is 11.9. The van der Waals surface area contributed by atoms with E-state index >= 15 is 0 Å².